The average molecular weight is 324 g/mol. The largest absolute Gasteiger partial charge is 0.415 e. The average Bonchev–Trinajstić information content (AvgIpc) is 2.55. The lowest BCUT2D eigenvalue weighted by molar-refractivity contribution is 0.115. The number of nitrogens with zero attached hydrogens (tertiary/aromatic N) is 2. The first-order valence-corrected chi connectivity index (χ1v) is 8.17. The van der Waals surface area contributed by atoms with Gasteiger partial charge >= 0.3 is 6.09 Å². The second-order valence-electron chi connectivity index (χ2n) is 6.09. The molecule has 0 aliphatic carbocycles. The number of benzene rings is 1. The summed E-state index contributed by atoms with van der Waals surface area (Å²) in [5.74, 6) is 0.491. The molecule has 1 heterocycles. The van der Waals surface area contributed by atoms with Gasteiger partial charge in [0.2, 0.25) is 0 Å². The Kier molecular flexibility index (Phi) is 6.13. The molecule has 1 aromatic heterocycles. The zero-order valence-corrected chi connectivity index (χ0v) is 14.6. The van der Waals surface area contributed by atoms with Gasteiger partial charge in [0.1, 0.15) is 5.76 Å². The SMILES string of the molecule is CC(C)N(C(=O)O/C(=C/c1ccccn1)c1ccccc1)C(C)C. The van der Waals surface area contributed by atoms with E-state index in [1.807, 2.05) is 76.2 Å². The molecule has 24 heavy (non-hydrogen) atoms. The molecule has 0 fully saturated rings. The molecule has 126 valence electrons. The molecule has 4 nitrogen and oxygen atoms in total. The van der Waals surface area contributed by atoms with Crippen LogP contribution in [0, 0.1) is 0 Å². The first-order chi connectivity index (χ1) is 11.5. The third-order valence-electron chi connectivity index (χ3n) is 3.55. The van der Waals surface area contributed by atoms with Gasteiger partial charge in [-0.15, -0.1) is 0 Å². The van der Waals surface area contributed by atoms with Crippen molar-refractivity contribution in [2.75, 3.05) is 0 Å². The van der Waals surface area contributed by atoms with E-state index in [2.05, 4.69) is 4.98 Å². The highest BCUT2D eigenvalue weighted by Crippen LogP contribution is 2.21. The summed E-state index contributed by atoms with van der Waals surface area (Å²) in [6, 6.07) is 15.3. The summed E-state index contributed by atoms with van der Waals surface area (Å²) >= 11 is 0. The molecule has 0 aliphatic heterocycles. The number of hydrogen-bond acceptors (Lipinski definition) is 3. The minimum absolute atomic E-state index is 0.0596. The van der Waals surface area contributed by atoms with Crippen LogP contribution in [0.15, 0.2) is 54.7 Å². The topological polar surface area (TPSA) is 42.4 Å². The van der Waals surface area contributed by atoms with Crippen LogP contribution in [0.5, 0.6) is 0 Å². The van der Waals surface area contributed by atoms with Crippen molar-refractivity contribution in [1.29, 1.82) is 0 Å². The highest BCUT2D eigenvalue weighted by Gasteiger charge is 2.23. The lowest BCUT2D eigenvalue weighted by atomic mass is 10.1. The fourth-order valence-electron chi connectivity index (χ4n) is 2.53. The van der Waals surface area contributed by atoms with Gasteiger partial charge in [0.05, 0.1) is 5.69 Å². The molecule has 2 rings (SSSR count). The highest BCUT2D eigenvalue weighted by molar-refractivity contribution is 5.84. The molecule has 0 radical (unpaired) electrons. The molecular weight excluding hydrogens is 300 g/mol. The molecule has 0 atom stereocenters. The first-order valence-electron chi connectivity index (χ1n) is 8.17. The van der Waals surface area contributed by atoms with Crippen molar-refractivity contribution < 1.29 is 9.53 Å². The first kappa shape index (κ1) is 17.7. The van der Waals surface area contributed by atoms with E-state index in [4.69, 9.17) is 4.74 Å². The standard InChI is InChI=1S/C20H24N2O2/c1-15(2)22(16(3)4)20(23)24-19(17-10-6-5-7-11-17)14-18-12-8-9-13-21-18/h5-16H,1-4H3/b19-14+. The third-order valence-corrected chi connectivity index (χ3v) is 3.55. The number of pyridine rings is 1. The summed E-state index contributed by atoms with van der Waals surface area (Å²) in [5.41, 5.74) is 1.58. The Morgan fingerprint density at radius 2 is 1.62 bits per heavy atom. The molecule has 1 amide bonds. The van der Waals surface area contributed by atoms with Crippen LogP contribution < -0.4 is 0 Å². The van der Waals surface area contributed by atoms with E-state index in [1.54, 1.807) is 17.2 Å². The number of hydrogen-bond donors (Lipinski definition) is 0. The van der Waals surface area contributed by atoms with Gasteiger partial charge in [-0.1, -0.05) is 36.4 Å². The maximum atomic E-state index is 12.6. The Morgan fingerprint density at radius 1 is 1.00 bits per heavy atom. The number of rotatable bonds is 5. The van der Waals surface area contributed by atoms with Gasteiger partial charge in [-0.3, -0.25) is 4.98 Å². The summed E-state index contributed by atoms with van der Waals surface area (Å²) in [6.45, 7) is 7.91. The van der Waals surface area contributed by atoms with E-state index in [0.29, 0.717) is 5.76 Å². The minimum Gasteiger partial charge on any atom is -0.409 e. The third kappa shape index (κ3) is 4.69. The summed E-state index contributed by atoms with van der Waals surface area (Å²) < 4.78 is 5.73. The Balaban J connectivity index is 2.34. The van der Waals surface area contributed by atoms with Gasteiger partial charge in [-0.05, 0) is 39.8 Å². The van der Waals surface area contributed by atoms with Crippen molar-refractivity contribution >= 4 is 17.9 Å². The van der Waals surface area contributed by atoms with Crippen molar-refractivity contribution in [1.82, 2.24) is 9.88 Å². The molecule has 0 aliphatic rings. The summed E-state index contributed by atoms with van der Waals surface area (Å²) in [5, 5.41) is 0. The van der Waals surface area contributed by atoms with E-state index >= 15 is 0 Å². The van der Waals surface area contributed by atoms with Crippen molar-refractivity contribution in [3.8, 4) is 0 Å². The van der Waals surface area contributed by atoms with Gasteiger partial charge in [0.25, 0.3) is 0 Å². The van der Waals surface area contributed by atoms with E-state index in [9.17, 15) is 4.79 Å². The predicted octanol–water partition coefficient (Wildman–Crippen LogP) is 4.84. The van der Waals surface area contributed by atoms with Crippen LogP contribution >= 0.6 is 0 Å². The Bertz CT molecular complexity index is 671. The molecule has 0 unspecified atom stereocenters. The van der Waals surface area contributed by atoms with Crippen molar-refractivity contribution in [2.45, 2.75) is 39.8 Å². The quantitative estimate of drug-likeness (QED) is 0.739. The number of carbonyl (C=O) groups excluding carboxylic acids is 1. The normalized spacial score (nSPS) is 11.7. The Morgan fingerprint density at radius 3 is 2.17 bits per heavy atom. The van der Waals surface area contributed by atoms with Gasteiger partial charge in [-0.2, -0.15) is 0 Å². The van der Waals surface area contributed by atoms with Gasteiger partial charge in [0, 0.05) is 29.9 Å². The Labute approximate surface area is 143 Å². The van der Waals surface area contributed by atoms with E-state index in [0.717, 1.165) is 11.3 Å². The van der Waals surface area contributed by atoms with Gasteiger partial charge in [0.15, 0.2) is 0 Å². The van der Waals surface area contributed by atoms with Crippen LogP contribution in [-0.4, -0.2) is 28.1 Å². The summed E-state index contributed by atoms with van der Waals surface area (Å²) in [6.07, 6.45) is 3.14. The van der Waals surface area contributed by atoms with Crippen molar-refractivity contribution in [3.63, 3.8) is 0 Å². The predicted molar refractivity (Wildman–Crippen MR) is 97.1 cm³/mol. The lowest BCUT2D eigenvalue weighted by Crippen LogP contribution is -2.42. The fraction of sp³-hybridized carbons (Fsp3) is 0.300. The van der Waals surface area contributed by atoms with Crippen LogP contribution in [0.4, 0.5) is 4.79 Å². The van der Waals surface area contributed by atoms with Gasteiger partial charge < -0.3 is 9.64 Å². The molecular formula is C20H24N2O2. The maximum absolute atomic E-state index is 12.6. The van der Waals surface area contributed by atoms with Crippen LogP contribution in [0.1, 0.15) is 39.0 Å². The van der Waals surface area contributed by atoms with Crippen molar-refractivity contribution in [3.05, 3.63) is 66.0 Å². The second kappa shape index (κ2) is 8.29. The van der Waals surface area contributed by atoms with E-state index in [1.165, 1.54) is 0 Å². The zero-order chi connectivity index (χ0) is 17.5. The van der Waals surface area contributed by atoms with E-state index < -0.39 is 0 Å². The minimum atomic E-state index is -0.356. The molecule has 4 heteroatoms. The van der Waals surface area contributed by atoms with Crippen LogP contribution in [0.2, 0.25) is 0 Å². The lowest BCUT2D eigenvalue weighted by Gasteiger charge is -2.30. The molecule has 0 saturated heterocycles. The van der Waals surface area contributed by atoms with Crippen LogP contribution in [-0.2, 0) is 4.74 Å². The monoisotopic (exact) mass is 324 g/mol. The highest BCUT2D eigenvalue weighted by atomic mass is 16.6. The summed E-state index contributed by atoms with van der Waals surface area (Å²) in [4.78, 5) is 18.6. The van der Waals surface area contributed by atoms with Crippen molar-refractivity contribution in [2.24, 2.45) is 0 Å². The van der Waals surface area contributed by atoms with E-state index in [-0.39, 0.29) is 18.2 Å². The summed E-state index contributed by atoms with van der Waals surface area (Å²) in [7, 11) is 0. The number of aromatic nitrogens is 1. The molecule has 0 N–H and O–H groups in total. The Hall–Kier alpha value is -2.62. The number of carbonyl (C=O) groups is 1. The number of amides is 1. The second-order valence-corrected chi connectivity index (χ2v) is 6.09. The van der Waals surface area contributed by atoms with Crippen LogP contribution in [0.25, 0.3) is 11.8 Å². The molecule has 1 aromatic carbocycles. The zero-order valence-electron chi connectivity index (χ0n) is 14.6. The maximum Gasteiger partial charge on any atom is 0.415 e. The molecule has 2 aromatic rings. The smallest absolute Gasteiger partial charge is 0.409 e. The van der Waals surface area contributed by atoms with Crippen LogP contribution in [0.3, 0.4) is 0 Å². The molecule has 0 spiro atoms. The molecule has 0 saturated carbocycles. The number of ether oxygens (including phenoxy) is 1. The van der Waals surface area contributed by atoms with Gasteiger partial charge in [-0.25, -0.2) is 4.79 Å². The fourth-order valence-corrected chi connectivity index (χ4v) is 2.53. The molecule has 0 bridgehead atoms.